The molecule has 0 radical (unpaired) electrons. The van der Waals surface area contributed by atoms with E-state index in [2.05, 4.69) is 9.71 Å². The Kier molecular flexibility index (Phi) is 4.47. The van der Waals surface area contributed by atoms with Gasteiger partial charge in [0.2, 0.25) is 0 Å². The number of hydrogen-bond acceptors (Lipinski definition) is 4. The molecule has 0 aromatic carbocycles. The highest BCUT2D eigenvalue weighted by Gasteiger charge is 2.26. The third-order valence-electron chi connectivity index (χ3n) is 2.53. The van der Waals surface area contributed by atoms with Crippen LogP contribution in [0.5, 0.6) is 0 Å². The van der Waals surface area contributed by atoms with Gasteiger partial charge in [-0.15, -0.1) is 0 Å². The molecular weight excluding hydrogens is 258 g/mol. The Hall–Kier alpha value is -1.41. The maximum absolute atomic E-state index is 11.9. The number of carbonyl (C=O) groups is 1. The van der Waals surface area contributed by atoms with Gasteiger partial charge in [0.05, 0.1) is 0 Å². The van der Waals surface area contributed by atoms with Gasteiger partial charge < -0.3 is 9.67 Å². The highest BCUT2D eigenvalue weighted by Crippen LogP contribution is 2.09. The van der Waals surface area contributed by atoms with E-state index in [0.29, 0.717) is 12.2 Å². The molecule has 0 bridgehead atoms. The van der Waals surface area contributed by atoms with Gasteiger partial charge in [-0.3, -0.25) is 4.79 Å². The molecule has 0 unspecified atom stereocenters. The Morgan fingerprint density at radius 1 is 1.61 bits per heavy atom. The number of aliphatic carboxylic acids is 1. The number of hydrogen-bond donors (Lipinski definition) is 2. The molecule has 0 saturated heterocycles. The average Bonchev–Trinajstić information content (AvgIpc) is 2.59. The van der Waals surface area contributed by atoms with Crippen molar-refractivity contribution in [1.29, 1.82) is 0 Å². The minimum atomic E-state index is -3.89. The normalized spacial score (nSPS) is 13.5. The SMILES string of the molecule is CCC[C@@H](NS(=O)(=O)c1cn(C)c(C)n1)C(=O)O. The van der Waals surface area contributed by atoms with Gasteiger partial charge in [-0.1, -0.05) is 13.3 Å². The van der Waals surface area contributed by atoms with E-state index in [-0.39, 0.29) is 11.4 Å². The van der Waals surface area contributed by atoms with Crippen LogP contribution in [0.2, 0.25) is 0 Å². The van der Waals surface area contributed by atoms with E-state index in [1.165, 1.54) is 6.20 Å². The monoisotopic (exact) mass is 275 g/mol. The van der Waals surface area contributed by atoms with E-state index in [0.717, 1.165) is 0 Å². The molecule has 0 fully saturated rings. The van der Waals surface area contributed by atoms with Crippen molar-refractivity contribution in [2.24, 2.45) is 7.05 Å². The lowest BCUT2D eigenvalue weighted by molar-refractivity contribution is -0.139. The van der Waals surface area contributed by atoms with Crippen molar-refractivity contribution in [3.8, 4) is 0 Å². The number of rotatable bonds is 6. The van der Waals surface area contributed by atoms with Crippen LogP contribution in [0.25, 0.3) is 0 Å². The van der Waals surface area contributed by atoms with Gasteiger partial charge in [0.15, 0.2) is 5.03 Å². The summed E-state index contributed by atoms with van der Waals surface area (Å²) in [6, 6.07) is -1.12. The predicted octanol–water partition coefficient (Wildman–Crippen LogP) is 0.260. The van der Waals surface area contributed by atoms with Crippen molar-refractivity contribution >= 4 is 16.0 Å². The molecule has 1 aromatic heterocycles. The first-order chi connectivity index (χ1) is 8.27. The van der Waals surface area contributed by atoms with Gasteiger partial charge in [-0.05, 0) is 13.3 Å². The first-order valence-electron chi connectivity index (χ1n) is 5.53. The highest BCUT2D eigenvalue weighted by molar-refractivity contribution is 7.89. The van der Waals surface area contributed by atoms with E-state index >= 15 is 0 Å². The van der Waals surface area contributed by atoms with Crippen LogP contribution in [0.1, 0.15) is 25.6 Å². The minimum absolute atomic E-state index is 0.162. The zero-order valence-corrected chi connectivity index (χ0v) is 11.4. The molecule has 1 atom stereocenters. The summed E-state index contributed by atoms with van der Waals surface area (Å²) < 4.78 is 27.6. The van der Waals surface area contributed by atoms with Crippen molar-refractivity contribution in [2.75, 3.05) is 0 Å². The van der Waals surface area contributed by atoms with Crippen molar-refractivity contribution in [1.82, 2.24) is 14.3 Å². The number of carboxylic acid groups (broad SMARTS) is 1. The number of imidazole rings is 1. The summed E-state index contributed by atoms with van der Waals surface area (Å²) >= 11 is 0. The highest BCUT2D eigenvalue weighted by atomic mass is 32.2. The lowest BCUT2D eigenvalue weighted by atomic mass is 10.2. The number of aryl methyl sites for hydroxylation is 2. The lowest BCUT2D eigenvalue weighted by Gasteiger charge is -2.12. The average molecular weight is 275 g/mol. The first kappa shape index (κ1) is 14.7. The quantitative estimate of drug-likeness (QED) is 0.775. The molecule has 0 aliphatic rings. The van der Waals surface area contributed by atoms with Crippen LogP contribution in [-0.2, 0) is 21.9 Å². The zero-order valence-electron chi connectivity index (χ0n) is 10.5. The summed E-state index contributed by atoms with van der Waals surface area (Å²) in [5, 5.41) is 8.76. The topological polar surface area (TPSA) is 101 Å². The molecule has 0 aliphatic heterocycles. The second kappa shape index (κ2) is 5.49. The molecule has 0 amide bonds. The second-order valence-electron chi connectivity index (χ2n) is 4.04. The van der Waals surface area contributed by atoms with E-state index in [4.69, 9.17) is 5.11 Å². The van der Waals surface area contributed by atoms with E-state index in [1.807, 2.05) is 0 Å². The van der Waals surface area contributed by atoms with Crippen molar-refractivity contribution in [3.05, 3.63) is 12.0 Å². The number of aromatic nitrogens is 2. The van der Waals surface area contributed by atoms with Gasteiger partial charge >= 0.3 is 5.97 Å². The third kappa shape index (κ3) is 3.30. The summed E-state index contributed by atoms with van der Waals surface area (Å²) in [5.74, 6) is -0.647. The van der Waals surface area contributed by atoms with Crippen LogP contribution in [0.3, 0.4) is 0 Å². The van der Waals surface area contributed by atoms with Crippen LogP contribution in [0.15, 0.2) is 11.2 Å². The van der Waals surface area contributed by atoms with Gasteiger partial charge in [0, 0.05) is 13.2 Å². The van der Waals surface area contributed by atoms with E-state index < -0.39 is 22.0 Å². The Bertz CT molecular complexity index is 516. The third-order valence-corrected chi connectivity index (χ3v) is 3.88. The molecule has 18 heavy (non-hydrogen) atoms. The lowest BCUT2D eigenvalue weighted by Crippen LogP contribution is -2.40. The van der Waals surface area contributed by atoms with Crippen LogP contribution < -0.4 is 4.72 Å². The zero-order chi connectivity index (χ0) is 13.9. The van der Waals surface area contributed by atoms with Crippen LogP contribution in [0, 0.1) is 6.92 Å². The fourth-order valence-corrected chi connectivity index (χ4v) is 2.69. The molecule has 8 heteroatoms. The van der Waals surface area contributed by atoms with Crippen molar-refractivity contribution < 1.29 is 18.3 Å². The number of nitrogens with zero attached hydrogens (tertiary/aromatic N) is 2. The van der Waals surface area contributed by atoms with E-state index in [1.54, 1.807) is 25.5 Å². The van der Waals surface area contributed by atoms with Crippen LogP contribution in [0.4, 0.5) is 0 Å². The molecule has 0 aliphatic carbocycles. The summed E-state index contributed by atoms with van der Waals surface area (Å²) in [6.07, 6.45) is 2.16. The maximum Gasteiger partial charge on any atom is 0.321 e. The summed E-state index contributed by atoms with van der Waals surface area (Å²) in [4.78, 5) is 14.8. The molecule has 2 N–H and O–H groups in total. The van der Waals surface area contributed by atoms with Crippen LogP contribution in [-0.4, -0.2) is 35.1 Å². The van der Waals surface area contributed by atoms with Crippen molar-refractivity contribution in [3.63, 3.8) is 0 Å². The Labute approximate surface area is 106 Å². The Morgan fingerprint density at radius 3 is 2.61 bits per heavy atom. The van der Waals surface area contributed by atoms with Gasteiger partial charge in [0.25, 0.3) is 10.0 Å². The van der Waals surface area contributed by atoms with Crippen LogP contribution >= 0.6 is 0 Å². The molecule has 0 saturated carbocycles. The molecule has 1 heterocycles. The number of nitrogens with one attached hydrogen (secondary N) is 1. The predicted molar refractivity (Wildman–Crippen MR) is 64.6 cm³/mol. The summed E-state index contributed by atoms with van der Waals surface area (Å²) in [7, 11) is -2.22. The van der Waals surface area contributed by atoms with Gasteiger partial charge in [-0.2, -0.15) is 4.72 Å². The number of sulfonamides is 1. The maximum atomic E-state index is 11.9. The van der Waals surface area contributed by atoms with Gasteiger partial charge in [0.1, 0.15) is 11.9 Å². The summed E-state index contributed by atoms with van der Waals surface area (Å²) in [6.45, 7) is 3.45. The molecule has 1 aromatic rings. The minimum Gasteiger partial charge on any atom is -0.480 e. The standard InChI is InChI=1S/C10H17N3O4S/c1-4-5-8(10(14)15)12-18(16,17)9-6-13(3)7(2)11-9/h6,8,12H,4-5H2,1-3H3,(H,14,15)/t8-/m1/s1. The molecule has 0 spiro atoms. The molecule has 102 valence electrons. The van der Waals surface area contributed by atoms with Crippen molar-refractivity contribution in [2.45, 2.75) is 37.8 Å². The molecular formula is C10H17N3O4S. The van der Waals surface area contributed by atoms with Gasteiger partial charge in [-0.25, -0.2) is 13.4 Å². The molecule has 7 nitrogen and oxygen atoms in total. The first-order valence-corrected chi connectivity index (χ1v) is 7.01. The fraction of sp³-hybridized carbons (Fsp3) is 0.600. The Morgan fingerprint density at radius 2 is 2.22 bits per heavy atom. The van der Waals surface area contributed by atoms with E-state index in [9.17, 15) is 13.2 Å². The number of carboxylic acids is 1. The largest absolute Gasteiger partial charge is 0.480 e. The summed E-state index contributed by atoms with van der Waals surface area (Å²) in [5.41, 5.74) is 0. The Balaban J connectivity index is 2.96. The molecule has 1 rings (SSSR count). The fourth-order valence-electron chi connectivity index (χ4n) is 1.42. The smallest absolute Gasteiger partial charge is 0.321 e. The second-order valence-corrected chi connectivity index (χ2v) is 5.70.